The average molecular weight is 323 g/mol. The van der Waals surface area contributed by atoms with Crippen LogP contribution in [0.5, 0.6) is 11.5 Å². The van der Waals surface area contributed by atoms with Crippen LogP contribution >= 0.6 is 0 Å². The second-order valence-electron chi connectivity index (χ2n) is 5.00. The Morgan fingerprint density at radius 3 is 2.52 bits per heavy atom. The van der Waals surface area contributed by atoms with Gasteiger partial charge in [0.05, 0.1) is 13.7 Å². The summed E-state index contributed by atoms with van der Waals surface area (Å²) in [5.41, 5.74) is 0.524. The molecule has 0 aromatic heterocycles. The Balaban J connectivity index is 2.45. The molecule has 23 heavy (non-hydrogen) atoms. The number of carboxylic acid groups (broad SMARTS) is 1. The molecule has 0 aliphatic rings. The molecule has 0 saturated heterocycles. The number of carbonyl (C=O) groups excluding carboxylic acids is 2. The highest BCUT2D eigenvalue weighted by molar-refractivity contribution is 5.94. The van der Waals surface area contributed by atoms with Crippen molar-refractivity contribution in [2.75, 3.05) is 13.7 Å². The Bertz CT molecular complexity index is 584. The van der Waals surface area contributed by atoms with Crippen molar-refractivity contribution in [1.82, 2.24) is 5.32 Å². The van der Waals surface area contributed by atoms with Gasteiger partial charge in [-0.3, -0.25) is 14.4 Å². The van der Waals surface area contributed by atoms with E-state index in [2.05, 4.69) is 5.32 Å². The maximum atomic E-state index is 11.5. The number of ether oxygens (including phenoxy) is 2. The Morgan fingerprint density at radius 1 is 1.26 bits per heavy atom. The normalized spacial score (nSPS) is 11.4. The number of methoxy groups -OCH3 is 1. The molecule has 0 saturated carbocycles. The van der Waals surface area contributed by atoms with E-state index >= 15 is 0 Å². The molecule has 7 nitrogen and oxygen atoms in total. The Kier molecular flexibility index (Phi) is 7.05. The van der Waals surface area contributed by atoms with Gasteiger partial charge in [0, 0.05) is 12.0 Å². The van der Waals surface area contributed by atoms with Crippen LogP contribution in [-0.2, 0) is 9.59 Å². The number of ketones is 1. The monoisotopic (exact) mass is 323 g/mol. The van der Waals surface area contributed by atoms with E-state index in [1.54, 1.807) is 18.2 Å². The van der Waals surface area contributed by atoms with Gasteiger partial charge in [0.15, 0.2) is 17.3 Å². The fourth-order valence-electron chi connectivity index (χ4n) is 1.80. The van der Waals surface area contributed by atoms with Gasteiger partial charge in [-0.1, -0.05) is 0 Å². The molecular weight excluding hydrogens is 302 g/mol. The lowest BCUT2D eigenvalue weighted by molar-refractivity contribution is -0.141. The van der Waals surface area contributed by atoms with Crippen LogP contribution in [0.15, 0.2) is 18.2 Å². The lowest BCUT2D eigenvalue weighted by Crippen LogP contribution is -2.38. The van der Waals surface area contributed by atoms with Crippen molar-refractivity contribution >= 4 is 17.7 Å². The maximum Gasteiger partial charge on any atom is 0.325 e. The van der Waals surface area contributed by atoms with Crippen molar-refractivity contribution in [2.24, 2.45) is 0 Å². The van der Waals surface area contributed by atoms with Gasteiger partial charge in [-0.05, 0) is 38.5 Å². The minimum atomic E-state index is -1.08. The first kappa shape index (κ1) is 18.5. The van der Waals surface area contributed by atoms with Crippen molar-refractivity contribution in [3.8, 4) is 11.5 Å². The number of hydrogen-bond donors (Lipinski definition) is 2. The molecule has 1 aromatic carbocycles. The summed E-state index contributed by atoms with van der Waals surface area (Å²) in [6.45, 7) is 3.13. The lowest BCUT2D eigenvalue weighted by Gasteiger charge is -2.12. The third-order valence-corrected chi connectivity index (χ3v) is 3.12. The summed E-state index contributed by atoms with van der Waals surface area (Å²) < 4.78 is 10.7. The Labute approximate surface area is 134 Å². The summed E-state index contributed by atoms with van der Waals surface area (Å²) in [7, 11) is 1.48. The summed E-state index contributed by atoms with van der Waals surface area (Å²) in [5, 5.41) is 11.1. The number of carbonyl (C=O) groups is 3. The van der Waals surface area contributed by atoms with Crippen molar-refractivity contribution in [2.45, 2.75) is 32.7 Å². The standard InChI is InChI=1S/C16H21NO6/c1-10(16(20)21)17-15(19)5-4-8-23-13-7-6-12(11(2)18)9-14(13)22-3/h6-7,9-10H,4-5,8H2,1-3H3,(H,17,19)(H,20,21)/t10-/m0/s1. The summed E-state index contributed by atoms with van der Waals surface area (Å²) >= 11 is 0. The molecular formula is C16H21NO6. The molecule has 0 aliphatic carbocycles. The number of benzene rings is 1. The predicted molar refractivity (Wildman–Crippen MR) is 83.0 cm³/mol. The van der Waals surface area contributed by atoms with Crippen LogP contribution in [0.2, 0.25) is 0 Å². The first-order chi connectivity index (χ1) is 10.8. The zero-order valence-electron chi connectivity index (χ0n) is 13.4. The molecule has 1 amide bonds. The first-order valence-electron chi connectivity index (χ1n) is 7.19. The fraction of sp³-hybridized carbons (Fsp3) is 0.438. The number of hydrogen-bond acceptors (Lipinski definition) is 5. The molecule has 1 aromatic rings. The van der Waals surface area contributed by atoms with Crippen LogP contribution in [0, 0.1) is 0 Å². The SMILES string of the molecule is COc1cc(C(C)=O)ccc1OCCCC(=O)N[C@@H](C)C(=O)O. The van der Waals surface area contributed by atoms with Crippen LogP contribution < -0.4 is 14.8 Å². The average Bonchev–Trinajstić information content (AvgIpc) is 2.51. The topological polar surface area (TPSA) is 102 Å². The van der Waals surface area contributed by atoms with E-state index in [-0.39, 0.29) is 24.7 Å². The number of amides is 1. The second kappa shape index (κ2) is 8.77. The minimum absolute atomic E-state index is 0.0703. The summed E-state index contributed by atoms with van der Waals surface area (Å²) in [4.78, 5) is 33.5. The first-order valence-corrected chi connectivity index (χ1v) is 7.19. The number of Topliss-reactive ketones (excluding diaryl/α,β-unsaturated/α-hetero) is 1. The van der Waals surface area contributed by atoms with Gasteiger partial charge in [-0.15, -0.1) is 0 Å². The van der Waals surface area contributed by atoms with Gasteiger partial charge < -0.3 is 19.9 Å². The fourth-order valence-corrected chi connectivity index (χ4v) is 1.80. The van der Waals surface area contributed by atoms with E-state index in [9.17, 15) is 14.4 Å². The molecule has 0 bridgehead atoms. The highest BCUT2D eigenvalue weighted by Crippen LogP contribution is 2.28. The van der Waals surface area contributed by atoms with Crippen LogP contribution in [-0.4, -0.2) is 42.5 Å². The van der Waals surface area contributed by atoms with E-state index in [4.69, 9.17) is 14.6 Å². The van der Waals surface area contributed by atoms with E-state index in [0.717, 1.165) is 0 Å². The largest absolute Gasteiger partial charge is 0.493 e. The van der Waals surface area contributed by atoms with Gasteiger partial charge in [0.1, 0.15) is 6.04 Å². The maximum absolute atomic E-state index is 11.5. The van der Waals surface area contributed by atoms with Crippen molar-refractivity contribution < 1.29 is 29.0 Å². The highest BCUT2D eigenvalue weighted by Gasteiger charge is 2.13. The molecule has 0 fully saturated rings. The number of nitrogens with one attached hydrogen (secondary N) is 1. The zero-order valence-corrected chi connectivity index (χ0v) is 13.4. The second-order valence-corrected chi connectivity index (χ2v) is 5.00. The summed E-state index contributed by atoms with van der Waals surface area (Å²) in [5.74, 6) is -0.565. The summed E-state index contributed by atoms with van der Waals surface area (Å²) in [6.07, 6.45) is 0.585. The third kappa shape index (κ3) is 5.98. The van der Waals surface area contributed by atoms with Crippen molar-refractivity contribution in [3.63, 3.8) is 0 Å². The molecule has 1 atom stereocenters. The van der Waals surface area contributed by atoms with E-state index in [0.29, 0.717) is 23.5 Å². The number of rotatable bonds is 9. The molecule has 0 unspecified atom stereocenters. The van der Waals surface area contributed by atoms with Gasteiger partial charge in [0.25, 0.3) is 0 Å². The quantitative estimate of drug-likeness (QED) is 0.529. The Hall–Kier alpha value is -2.57. The third-order valence-electron chi connectivity index (χ3n) is 3.12. The summed E-state index contributed by atoms with van der Waals surface area (Å²) in [6, 6.07) is 3.96. The van der Waals surface area contributed by atoms with Gasteiger partial charge in [-0.2, -0.15) is 0 Å². The molecule has 0 heterocycles. The minimum Gasteiger partial charge on any atom is -0.493 e. The van der Waals surface area contributed by atoms with Crippen molar-refractivity contribution in [1.29, 1.82) is 0 Å². The van der Waals surface area contributed by atoms with Crippen LogP contribution in [0.25, 0.3) is 0 Å². The zero-order chi connectivity index (χ0) is 17.4. The van der Waals surface area contributed by atoms with Crippen LogP contribution in [0.1, 0.15) is 37.0 Å². The molecule has 0 spiro atoms. The molecule has 0 aliphatic heterocycles. The number of aliphatic carboxylic acids is 1. The smallest absolute Gasteiger partial charge is 0.325 e. The number of carboxylic acids is 1. The predicted octanol–water partition coefficient (Wildman–Crippen LogP) is 1.65. The van der Waals surface area contributed by atoms with Gasteiger partial charge >= 0.3 is 5.97 Å². The van der Waals surface area contributed by atoms with E-state index in [1.807, 2.05) is 0 Å². The Morgan fingerprint density at radius 2 is 1.96 bits per heavy atom. The molecule has 2 N–H and O–H groups in total. The highest BCUT2D eigenvalue weighted by atomic mass is 16.5. The molecule has 126 valence electrons. The van der Waals surface area contributed by atoms with Crippen molar-refractivity contribution in [3.05, 3.63) is 23.8 Å². The van der Waals surface area contributed by atoms with E-state index < -0.39 is 12.0 Å². The molecule has 7 heteroatoms. The van der Waals surface area contributed by atoms with Gasteiger partial charge in [0.2, 0.25) is 5.91 Å². The molecule has 1 rings (SSSR count). The van der Waals surface area contributed by atoms with Gasteiger partial charge in [-0.25, -0.2) is 0 Å². The van der Waals surface area contributed by atoms with Crippen LogP contribution in [0.4, 0.5) is 0 Å². The van der Waals surface area contributed by atoms with E-state index in [1.165, 1.54) is 21.0 Å². The lowest BCUT2D eigenvalue weighted by atomic mass is 10.1. The van der Waals surface area contributed by atoms with Crippen LogP contribution in [0.3, 0.4) is 0 Å². The molecule has 0 radical (unpaired) electrons.